The number of anilines is 1. The summed E-state index contributed by atoms with van der Waals surface area (Å²) in [5.41, 5.74) is 9.14. The highest BCUT2D eigenvalue weighted by molar-refractivity contribution is 9.10. The molecule has 88 valence electrons. The number of nitrogen functional groups attached to an aromatic ring is 1. The lowest BCUT2D eigenvalue weighted by atomic mass is 10.2. The zero-order chi connectivity index (χ0) is 12.3. The predicted octanol–water partition coefficient (Wildman–Crippen LogP) is 4.63. The van der Waals surface area contributed by atoms with E-state index in [0.29, 0.717) is 0 Å². The van der Waals surface area contributed by atoms with Crippen LogP contribution in [0.15, 0.2) is 51.8 Å². The fourth-order valence-electron chi connectivity index (χ4n) is 1.58. The molecule has 1 nitrogen and oxygen atoms in total. The van der Waals surface area contributed by atoms with Gasteiger partial charge in [-0.1, -0.05) is 28.1 Å². The lowest BCUT2D eigenvalue weighted by Gasteiger charge is -2.06. The van der Waals surface area contributed by atoms with Gasteiger partial charge in [0.25, 0.3) is 0 Å². The van der Waals surface area contributed by atoms with E-state index in [1.54, 1.807) is 0 Å². The summed E-state index contributed by atoms with van der Waals surface area (Å²) in [4.78, 5) is 1.29. The molecule has 3 heteroatoms. The summed E-state index contributed by atoms with van der Waals surface area (Å²) in [6.45, 7) is 2.10. The van der Waals surface area contributed by atoms with Crippen molar-refractivity contribution >= 4 is 33.4 Å². The third kappa shape index (κ3) is 3.51. The Morgan fingerprint density at radius 2 is 1.82 bits per heavy atom. The molecule has 0 aliphatic heterocycles. The minimum absolute atomic E-state index is 0.829. The van der Waals surface area contributed by atoms with Gasteiger partial charge in [-0.2, -0.15) is 0 Å². The number of aryl methyl sites for hydroxylation is 1. The normalized spacial score (nSPS) is 10.5. The molecule has 0 fully saturated rings. The Morgan fingerprint density at radius 3 is 2.47 bits per heavy atom. The molecule has 17 heavy (non-hydrogen) atoms. The summed E-state index contributed by atoms with van der Waals surface area (Å²) < 4.78 is 1.12. The van der Waals surface area contributed by atoms with E-state index in [-0.39, 0.29) is 0 Å². The second-order valence-corrected chi connectivity index (χ2v) is 5.87. The van der Waals surface area contributed by atoms with Gasteiger partial charge in [0.2, 0.25) is 0 Å². The quantitative estimate of drug-likeness (QED) is 0.661. The fraction of sp³-hybridized carbons (Fsp3) is 0.143. The van der Waals surface area contributed by atoms with E-state index in [1.165, 1.54) is 16.0 Å². The molecule has 0 radical (unpaired) electrons. The van der Waals surface area contributed by atoms with Crippen LogP contribution in [0.4, 0.5) is 5.69 Å². The molecule has 0 aromatic heterocycles. The van der Waals surface area contributed by atoms with Crippen LogP contribution in [-0.4, -0.2) is 0 Å². The number of hydrogen-bond acceptors (Lipinski definition) is 2. The summed E-state index contributed by atoms with van der Waals surface area (Å²) in [6, 6.07) is 14.5. The average Bonchev–Trinajstić information content (AvgIpc) is 2.30. The van der Waals surface area contributed by atoms with Gasteiger partial charge in [-0.15, -0.1) is 11.8 Å². The van der Waals surface area contributed by atoms with E-state index in [2.05, 4.69) is 53.2 Å². The third-order valence-corrected chi connectivity index (χ3v) is 4.28. The van der Waals surface area contributed by atoms with E-state index in [1.807, 2.05) is 23.9 Å². The first-order chi connectivity index (χ1) is 8.15. The van der Waals surface area contributed by atoms with Crippen LogP contribution in [0.2, 0.25) is 0 Å². The van der Waals surface area contributed by atoms with Gasteiger partial charge in [0, 0.05) is 20.8 Å². The van der Waals surface area contributed by atoms with Gasteiger partial charge in [-0.3, -0.25) is 0 Å². The molecule has 0 saturated carbocycles. The van der Waals surface area contributed by atoms with Crippen LogP contribution in [0.5, 0.6) is 0 Å². The molecular formula is C14H14BrNS. The SMILES string of the molecule is Cc1cc(N)ccc1SCc1ccc(Br)cc1. The second-order valence-electron chi connectivity index (χ2n) is 3.94. The Balaban J connectivity index is 2.04. The molecule has 2 aromatic rings. The van der Waals surface area contributed by atoms with Crippen LogP contribution in [-0.2, 0) is 5.75 Å². The van der Waals surface area contributed by atoms with E-state index in [9.17, 15) is 0 Å². The largest absolute Gasteiger partial charge is 0.399 e. The second kappa shape index (κ2) is 5.61. The van der Waals surface area contributed by atoms with Crippen molar-refractivity contribution in [2.75, 3.05) is 5.73 Å². The molecule has 2 aromatic carbocycles. The molecule has 0 heterocycles. The Kier molecular flexibility index (Phi) is 4.13. The lowest BCUT2D eigenvalue weighted by Crippen LogP contribution is -1.88. The first-order valence-corrected chi connectivity index (χ1v) is 7.16. The van der Waals surface area contributed by atoms with Crippen molar-refractivity contribution in [3.8, 4) is 0 Å². The van der Waals surface area contributed by atoms with Crippen molar-refractivity contribution in [1.82, 2.24) is 0 Å². The smallest absolute Gasteiger partial charge is 0.0317 e. The topological polar surface area (TPSA) is 26.0 Å². The minimum Gasteiger partial charge on any atom is -0.399 e. The number of benzene rings is 2. The molecule has 0 atom stereocenters. The summed E-state index contributed by atoms with van der Waals surface area (Å²) in [7, 11) is 0. The van der Waals surface area contributed by atoms with Crippen molar-refractivity contribution in [3.05, 3.63) is 58.1 Å². The van der Waals surface area contributed by atoms with E-state index in [4.69, 9.17) is 5.73 Å². The summed E-state index contributed by atoms with van der Waals surface area (Å²) in [6.07, 6.45) is 0. The minimum atomic E-state index is 0.829. The molecule has 0 amide bonds. The molecular weight excluding hydrogens is 294 g/mol. The Bertz CT molecular complexity index is 508. The highest BCUT2D eigenvalue weighted by Gasteiger charge is 2.00. The summed E-state index contributed by atoms with van der Waals surface area (Å²) >= 11 is 5.28. The number of nitrogens with two attached hydrogens (primary N) is 1. The van der Waals surface area contributed by atoms with Gasteiger partial charge >= 0.3 is 0 Å². The van der Waals surface area contributed by atoms with Gasteiger partial charge in [0.05, 0.1) is 0 Å². The maximum absolute atomic E-state index is 5.74. The van der Waals surface area contributed by atoms with Crippen LogP contribution < -0.4 is 5.73 Å². The average molecular weight is 308 g/mol. The molecule has 2 N–H and O–H groups in total. The number of rotatable bonds is 3. The fourth-order valence-corrected chi connectivity index (χ4v) is 2.81. The van der Waals surface area contributed by atoms with E-state index < -0.39 is 0 Å². The lowest BCUT2D eigenvalue weighted by molar-refractivity contribution is 1.29. The van der Waals surface area contributed by atoms with E-state index in [0.717, 1.165) is 15.9 Å². The van der Waals surface area contributed by atoms with Crippen molar-refractivity contribution in [2.24, 2.45) is 0 Å². The monoisotopic (exact) mass is 307 g/mol. The van der Waals surface area contributed by atoms with Crippen LogP contribution in [0.1, 0.15) is 11.1 Å². The predicted molar refractivity (Wildman–Crippen MR) is 79.3 cm³/mol. The van der Waals surface area contributed by atoms with Crippen molar-refractivity contribution in [2.45, 2.75) is 17.6 Å². The van der Waals surface area contributed by atoms with Gasteiger partial charge in [-0.05, 0) is 48.4 Å². The van der Waals surface area contributed by atoms with Crippen molar-refractivity contribution in [3.63, 3.8) is 0 Å². The first-order valence-electron chi connectivity index (χ1n) is 5.38. The van der Waals surface area contributed by atoms with E-state index >= 15 is 0 Å². The van der Waals surface area contributed by atoms with Crippen molar-refractivity contribution in [1.29, 1.82) is 0 Å². The highest BCUT2D eigenvalue weighted by Crippen LogP contribution is 2.27. The van der Waals surface area contributed by atoms with Gasteiger partial charge < -0.3 is 5.73 Å². The zero-order valence-electron chi connectivity index (χ0n) is 9.61. The molecule has 0 unspecified atom stereocenters. The Morgan fingerprint density at radius 1 is 1.12 bits per heavy atom. The van der Waals surface area contributed by atoms with Crippen LogP contribution in [0.25, 0.3) is 0 Å². The standard InChI is InChI=1S/C14H14BrNS/c1-10-8-13(16)6-7-14(10)17-9-11-2-4-12(15)5-3-11/h2-8H,9,16H2,1H3. The molecule has 0 saturated heterocycles. The summed E-state index contributed by atoms with van der Waals surface area (Å²) in [5, 5.41) is 0. The molecule has 0 spiro atoms. The summed E-state index contributed by atoms with van der Waals surface area (Å²) in [5.74, 6) is 0.984. The Labute approximate surface area is 115 Å². The number of hydrogen-bond donors (Lipinski definition) is 1. The molecule has 2 rings (SSSR count). The molecule has 0 aliphatic carbocycles. The van der Waals surface area contributed by atoms with Gasteiger partial charge in [0.15, 0.2) is 0 Å². The van der Waals surface area contributed by atoms with Crippen LogP contribution in [0, 0.1) is 6.92 Å². The van der Waals surface area contributed by atoms with Gasteiger partial charge in [0.1, 0.15) is 0 Å². The zero-order valence-corrected chi connectivity index (χ0v) is 12.0. The molecule has 0 aliphatic rings. The molecule has 0 bridgehead atoms. The van der Waals surface area contributed by atoms with Crippen LogP contribution >= 0.6 is 27.7 Å². The number of halogens is 1. The number of thioether (sulfide) groups is 1. The third-order valence-electron chi connectivity index (χ3n) is 2.51. The highest BCUT2D eigenvalue weighted by atomic mass is 79.9. The first kappa shape index (κ1) is 12.5. The Hall–Kier alpha value is -0.930. The van der Waals surface area contributed by atoms with Gasteiger partial charge in [-0.25, -0.2) is 0 Å². The van der Waals surface area contributed by atoms with Crippen molar-refractivity contribution < 1.29 is 0 Å². The maximum atomic E-state index is 5.74. The van der Waals surface area contributed by atoms with Crippen LogP contribution in [0.3, 0.4) is 0 Å². The maximum Gasteiger partial charge on any atom is 0.0317 e.